The van der Waals surface area contributed by atoms with Gasteiger partial charge in [-0.15, -0.1) is 5.10 Å². The highest BCUT2D eigenvalue weighted by Crippen LogP contribution is 2.21. The second-order valence-corrected chi connectivity index (χ2v) is 7.23. The van der Waals surface area contributed by atoms with Crippen LogP contribution < -0.4 is 10.6 Å². The van der Waals surface area contributed by atoms with Gasteiger partial charge < -0.3 is 10.6 Å². The van der Waals surface area contributed by atoms with Crippen molar-refractivity contribution in [1.29, 1.82) is 0 Å². The van der Waals surface area contributed by atoms with Crippen molar-refractivity contribution in [2.24, 2.45) is 0 Å². The molecule has 2 N–H and O–H groups in total. The van der Waals surface area contributed by atoms with Gasteiger partial charge in [-0.3, -0.25) is 9.59 Å². The van der Waals surface area contributed by atoms with Gasteiger partial charge in [0.05, 0.1) is 17.8 Å². The van der Waals surface area contributed by atoms with Crippen LogP contribution in [0.15, 0.2) is 23.4 Å². The highest BCUT2D eigenvalue weighted by molar-refractivity contribution is 7.99. The molecular weight excluding hydrogens is 366 g/mol. The first-order valence-electron chi connectivity index (χ1n) is 7.60. The maximum Gasteiger partial charge on any atom is 0.243 e. The molecule has 2 aromatic rings. The Morgan fingerprint density at radius 1 is 1.19 bits per heavy atom. The summed E-state index contributed by atoms with van der Waals surface area (Å²) in [5.41, 5.74) is -0.228. The summed E-state index contributed by atoms with van der Waals surface area (Å²) in [4.78, 5) is 23.6. The quantitative estimate of drug-likeness (QED) is 0.733. The van der Waals surface area contributed by atoms with Crippen LogP contribution in [0.3, 0.4) is 0 Å². The van der Waals surface area contributed by atoms with E-state index >= 15 is 0 Å². The van der Waals surface area contributed by atoms with Crippen LogP contribution in [0.2, 0.25) is 0 Å². The Kier molecular flexibility index (Phi) is 6.24. The zero-order valence-electron chi connectivity index (χ0n) is 14.4. The second kappa shape index (κ2) is 8.21. The van der Waals surface area contributed by atoms with Crippen LogP contribution in [0, 0.1) is 11.6 Å². The van der Waals surface area contributed by atoms with Gasteiger partial charge in [0.15, 0.2) is 11.6 Å². The molecule has 1 aromatic carbocycles. The number of aromatic nitrogens is 4. The molecule has 2 rings (SSSR count). The molecule has 0 bridgehead atoms. The monoisotopic (exact) mass is 384 g/mol. The fourth-order valence-corrected chi connectivity index (χ4v) is 2.72. The fourth-order valence-electron chi connectivity index (χ4n) is 1.83. The van der Waals surface area contributed by atoms with Crippen molar-refractivity contribution in [3.8, 4) is 0 Å². The lowest BCUT2D eigenvalue weighted by Gasteiger charge is -2.19. The van der Waals surface area contributed by atoms with E-state index in [1.54, 1.807) is 4.68 Å². The Morgan fingerprint density at radius 3 is 2.58 bits per heavy atom. The third-order valence-corrected chi connectivity index (χ3v) is 3.98. The van der Waals surface area contributed by atoms with E-state index in [9.17, 15) is 18.4 Å². The SMILES string of the molecule is CC(C)(C)n1nnnc1SCC(=O)NCC(=O)Nc1ccc(F)c(F)c1. The molecular formula is C15H18F2N6O2S. The molecule has 0 aliphatic carbocycles. The predicted octanol–water partition coefficient (Wildman–Crippen LogP) is 1.55. The number of hydrogen-bond donors (Lipinski definition) is 2. The Hall–Kier alpha value is -2.56. The minimum atomic E-state index is -1.07. The first-order chi connectivity index (χ1) is 12.2. The number of carbonyl (C=O) groups excluding carboxylic acids is 2. The molecule has 26 heavy (non-hydrogen) atoms. The van der Waals surface area contributed by atoms with Gasteiger partial charge in [0.2, 0.25) is 17.0 Å². The van der Waals surface area contributed by atoms with Crippen molar-refractivity contribution in [3.63, 3.8) is 0 Å². The summed E-state index contributed by atoms with van der Waals surface area (Å²) in [6.45, 7) is 5.48. The van der Waals surface area contributed by atoms with Gasteiger partial charge in [-0.05, 0) is 43.3 Å². The maximum absolute atomic E-state index is 13.1. The lowest BCUT2D eigenvalue weighted by Crippen LogP contribution is -2.34. The Labute approximate surface area is 152 Å². The van der Waals surface area contributed by atoms with E-state index in [-0.39, 0.29) is 29.4 Å². The van der Waals surface area contributed by atoms with Gasteiger partial charge in [-0.25, -0.2) is 13.5 Å². The van der Waals surface area contributed by atoms with Gasteiger partial charge in [0.25, 0.3) is 0 Å². The van der Waals surface area contributed by atoms with Gasteiger partial charge in [0, 0.05) is 11.8 Å². The van der Waals surface area contributed by atoms with Crippen LogP contribution in [0.1, 0.15) is 20.8 Å². The summed E-state index contributed by atoms with van der Waals surface area (Å²) in [6, 6.07) is 2.98. The third kappa shape index (κ3) is 5.48. The average molecular weight is 384 g/mol. The molecule has 0 unspecified atom stereocenters. The summed E-state index contributed by atoms with van der Waals surface area (Å²) in [5.74, 6) is -3.01. The summed E-state index contributed by atoms with van der Waals surface area (Å²) in [6.07, 6.45) is 0. The van der Waals surface area contributed by atoms with E-state index in [1.165, 1.54) is 6.07 Å². The lowest BCUT2D eigenvalue weighted by molar-refractivity contribution is -0.122. The van der Waals surface area contributed by atoms with Crippen molar-refractivity contribution >= 4 is 29.3 Å². The summed E-state index contributed by atoms with van der Waals surface area (Å²) in [5, 5.41) is 16.6. The molecule has 0 radical (unpaired) electrons. The molecule has 0 spiro atoms. The Morgan fingerprint density at radius 2 is 1.92 bits per heavy atom. The number of anilines is 1. The number of amides is 2. The van der Waals surface area contributed by atoms with Crippen LogP contribution in [0.5, 0.6) is 0 Å². The first kappa shape index (κ1) is 19.8. The average Bonchev–Trinajstić information content (AvgIpc) is 3.03. The molecule has 1 aromatic heterocycles. The van der Waals surface area contributed by atoms with Crippen LogP contribution in [0.4, 0.5) is 14.5 Å². The Balaban J connectivity index is 1.79. The molecule has 140 valence electrons. The molecule has 8 nitrogen and oxygen atoms in total. The second-order valence-electron chi connectivity index (χ2n) is 6.29. The summed E-state index contributed by atoms with van der Waals surface area (Å²) in [7, 11) is 0. The number of carbonyl (C=O) groups is 2. The van der Waals surface area contributed by atoms with Gasteiger partial charge in [0.1, 0.15) is 0 Å². The Bertz CT molecular complexity index is 806. The highest BCUT2D eigenvalue weighted by Gasteiger charge is 2.20. The van der Waals surface area contributed by atoms with Gasteiger partial charge in [-0.2, -0.15) is 0 Å². The van der Waals surface area contributed by atoms with Crippen molar-refractivity contribution < 1.29 is 18.4 Å². The predicted molar refractivity (Wildman–Crippen MR) is 91.5 cm³/mol. The molecule has 0 saturated carbocycles. The number of nitrogens with one attached hydrogen (secondary N) is 2. The van der Waals surface area contributed by atoms with Crippen molar-refractivity contribution in [2.45, 2.75) is 31.5 Å². The van der Waals surface area contributed by atoms with Gasteiger partial charge in [-0.1, -0.05) is 11.8 Å². The molecule has 0 aliphatic rings. The summed E-state index contributed by atoms with van der Waals surface area (Å²) < 4.78 is 27.5. The minimum Gasteiger partial charge on any atom is -0.346 e. The zero-order chi connectivity index (χ0) is 19.3. The van der Waals surface area contributed by atoms with E-state index in [0.717, 1.165) is 23.9 Å². The highest BCUT2D eigenvalue weighted by atomic mass is 32.2. The molecule has 0 fully saturated rings. The molecule has 0 saturated heterocycles. The maximum atomic E-state index is 13.1. The number of tetrazole rings is 1. The molecule has 2 amide bonds. The summed E-state index contributed by atoms with van der Waals surface area (Å²) >= 11 is 1.14. The number of nitrogens with zero attached hydrogens (tertiary/aromatic N) is 4. The number of benzene rings is 1. The third-order valence-electron chi connectivity index (χ3n) is 3.06. The van der Waals surface area contributed by atoms with E-state index in [1.807, 2.05) is 20.8 Å². The van der Waals surface area contributed by atoms with Crippen molar-refractivity contribution in [2.75, 3.05) is 17.6 Å². The first-order valence-corrected chi connectivity index (χ1v) is 8.58. The smallest absolute Gasteiger partial charge is 0.243 e. The minimum absolute atomic E-state index is 0.0227. The van der Waals surface area contributed by atoms with Crippen molar-refractivity contribution in [1.82, 2.24) is 25.5 Å². The molecule has 1 heterocycles. The largest absolute Gasteiger partial charge is 0.346 e. The fraction of sp³-hybridized carbons (Fsp3) is 0.400. The number of rotatable bonds is 6. The standard InChI is InChI=1S/C15H18F2N6O2S/c1-15(2,3)23-14(20-21-22-23)26-8-13(25)18-7-12(24)19-9-4-5-10(16)11(17)6-9/h4-6H,7-8H2,1-3H3,(H,18,25)(H,19,24). The lowest BCUT2D eigenvalue weighted by atomic mass is 10.1. The normalized spacial score (nSPS) is 11.3. The molecule has 0 atom stereocenters. The van der Waals surface area contributed by atoms with Crippen LogP contribution in [-0.4, -0.2) is 44.3 Å². The van der Waals surface area contributed by atoms with E-state index < -0.39 is 17.5 Å². The van der Waals surface area contributed by atoms with Crippen molar-refractivity contribution in [3.05, 3.63) is 29.8 Å². The zero-order valence-corrected chi connectivity index (χ0v) is 15.2. The molecule has 0 aliphatic heterocycles. The number of hydrogen-bond acceptors (Lipinski definition) is 6. The van der Waals surface area contributed by atoms with Gasteiger partial charge >= 0.3 is 0 Å². The molecule has 11 heteroatoms. The number of thioether (sulfide) groups is 1. The topological polar surface area (TPSA) is 102 Å². The van der Waals surface area contributed by atoms with E-state index in [4.69, 9.17) is 0 Å². The van der Waals surface area contributed by atoms with Crippen LogP contribution >= 0.6 is 11.8 Å². The van der Waals surface area contributed by atoms with E-state index in [0.29, 0.717) is 5.16 Å². The van der Waals surface area contributed by atoms with Crippen LogP contribution in [0.25, 0.3) is 0 Å². The number of halogens is 2. The van der Waals surface area contributed by atoms with Crippen LogP contribution in [-0.2, 0) is 15.1 Å². The van der Waals surface area contributed by atoms with E-state index in [2.05, 4.69) is 26.2 Å².